The van der Waals surface area contributed by atoms with Crippen LogP contribution in [0.4, 0.5) is 0 Å². The molecule has 2 aromatic rings. The molecule has 1 N–H and O–H groups in total. The zero-order chi connectivity index (χ0) is 23.3. The summed E-state index contributed by atoms with van der Waals surface area (Å²) in [5.41, 5.74) is 3.18. The number of carbonyl (C=O) groups is 1. The number of unbranched alkanes of at least 4 members (excludes halogenated alkanes) is 1. The lowest BCUT2D eigenvalue weighted by atomic mass is 10.0. The van der Waals surface area contributed by atoms with E-state index in [9.17, 15) is 4.79 Å². The third-order valence-corrected chi connectivity index (χ3v) is 5.94. The van der Waals surface area contributed by atoms with Gasteiger partial charge in [-0.3, -0.25) is 14.7 Å². The second kappa shape index (κ2) is 13.9. The summed E-state index contributed by atoms with van der Waals surface area (Å²) in [5.74, 6) is 1.20. The highest BCUT2D eigenvalue weighted by atomic mass is 16.1. The van der Waals surface area contributed by atoms with Crippen LogP contribution in [-0.4, -0.2) is 57.4 Å². The van der Waals surface area contributed by atoms with Gasteiger partial charge < -0.3 is 9.88 Å². The molecule has 1 aliphatic heterocycles. The molecular weight excluding hydrogens is 410 g/mol. The van der Waals surface area contributed by atoms with E-state index in [1.807, 2.05) is 24.5 Å². The number of allylic oxidation sites excluding steroid dienone is 1. The Kier molecular flexibility index (Phi) is 10.5. The van der Waals surface area contributed by atoms with Crippen LogP contribution in [0, 0.1) is 0 Å². The predicted octanol–water partition coefficient (Wildman–Crippen LogP) is 5.25. The van der Waals surface area contributed by atoms with Crippen LogP contribution in [-0.2, 0) is 13.1 Å². The summed E-state index contributed by atoms with van der Waals surface area (Å²) in [6, 6.07) is 8.14. The van der Waals surface area contributed by atoms with Crippen molar-refractivity contribution in [2.24, 2.45) is 4.99 Å². The van der Waals surface area contributed by atoms with Gasteiger partial charge in [-0.25, -0.2) is 4.98 Å². The highest BCUT2D eigenvalue weighted by molar-refractivity contribution is 5.96. The van der Waals surface area contributed by atoms with E-state index < -0.39 is 0 Å². The maximum absolute atomic E-state index is 12.7. The van der Waals surface area contributed by atoms with Crippen molar-refractivity contribution < 1.29 is 4.79 Å². The quantitative estimate of drug-likeness (QED) is 0.281. The summed E-state index contributed by atoms with van der Waals surface area (Å²) in [6.45, 7) is 10.2. The van der Waals surface area contributed by atoms with Crippen molar-refractivity contribution in [2.75, 3.05) is 26.2 Å². The summed E-state index contributed by atoms with van der Waals surface area (Å²) >= 11 is 0. The number of nitrogens with one attached hydrogen (secondary N) is 1. The number of nitrogens with zero attached hydrogens (tertiary/aromatic N) is 4. The third-order valence-electron chi connectivity index (χ3n) is 5.94. The van der Waals surface area contributed by atoms with E-state index in [1.165, 1.54) is 24.1 Å². The first-order valence-electron chi connectivity index (χ1n) is 12.4. The monoisotopic (exact) mass is 449 g/mol. The highest BCUT2D eigenvalue weighted by Gasteiger charge is 2.14. The molecule has 0 unspecified atom stereocenters. The summed E-state index contributed by atoms with van der Waals surface area (Å²) in [4.78, 5) is 29.5. The number of Topliss-reactive ketones (excluding diaryl/α,β-unsaturated/α-hetero) is 1. The number of H-pyrrole nitrogens is 1. The van der Waals surface area contributed by atoms with Crippen LogP contribution in [0.5, 0.6) is 0 Å². The number of carbonyl (C=O) groups excluding carboxylic acids is 1. The van der Waals surface area contributed by atoms with Crippen molar-refractivity contribution in [3.63, 3.8) is 0 Å². The zero-order valence-corrected chi connectivity index (χ0v) is 20.3. The fourth-order valence-corrected chi connectivity index (χ4v) is 4.31. The molecule has 1 aliphatic rings. The van der Waals surface area contributed by atoms with Crippen LogP contribution in [0.2, 0.25) is 0 Å². The Labute approximate surface area is 198 Å². The molecule has 178 valence electrons. The van der Waals surface area contributed by atoms with Crippen LogP contribution in [0.25, 0.3) is 0 Å². The van der Waals surface area contributed by atoms with Crippen molar-refractivity contribution in [1.82, 2.24) is 19.8 Å². The van der Waals surface area contributed by atoms with Crippen molar-refractivity contribution in [1.29, 1.82) is 0 Å². The van der Waals surface area contributed by atoms with E-state index in [-0.39, 0.29) is 5.78 Å². The minimum Gasteiger partial charge on any atom is -0.348 e. The topological polar surface area (TPSA) is 64.6 Å². The number of aromatic nitrogens is 2. The smallest absolute Gasteiger partial charge is 0.162 e. The van der Waals surface area contributed by atoms with Crippen molar-refractivity contribution in [3.05, 3.63) is 65.9 Å². The lowest BCUT2D eigenvalue weighted by Crippen LogP contribution is -2.29. The highest BCUT2D eigenvalue weighted by Crippen LogP contribution is 2.14. The molecule has 33 heavy (non-hydrogen) atoms. The molecule has 0 amide bonds. The van der Waals surface area contributed by atoms with Gasteiger partial charge in [0.25, 0.3) is 0 Å². The number of hydrogen-bond acceptors (Lipinski definition) is 5. The Morgan fingerprint density at radius 3 is 2.39 bits per heavy atom. The SMILES string of the molecule is CCCN(CCC)CCCCC(=O)c1ccc(CN(CC2=NC=CC2)Cc2ncc[nH]2)cc1. The third kappa shape index (κ3) is 8.71. The summed E-state index contributed by atoms with van der Waals surface area (Å²) in [5, 5.41) is 0. The Balaban J connectivity index is 1.48. The molecular formula is C27H39N5O. The lowest BCUT2D eigenvalue weighted by molar-refractivity contribution is 0.0978. The van der Waals surface area contributed by atoms with Gasteiger partial charge in [0.2, 0.25) is 0 Å². The van der Waals surface area contributed by atoms with Crippen molar-refractivity contribution in [3.8, 4) is 0 Å². The van der Waals surface area contributed by atoms with Gasteiger partial charge in [0.05, 0.1) is 6.54 Å². The molecule has 0 saturated carbocycles. The number of aromatic amines is 1. The number of ketones is 1. The van der Waals surface area contributed by atoms with E-state index in [1.54, 1.807) is 6.20 Å². The Morgan fingerprint density at radius 2 is 1.76 bits per heavy atom. The van der Waals surface area contributed by atoms with E-state index >= 15 is 0 Å². The first-order chi connectivity index (χ1) is 16.2. The zero-order valence-electron chi connectivity index (χ0n) is 20.3. The van der Waals surface area contributed by atoms with Crippen LogP contribution < -0.4 is 0 Å². The van der Waals surface area contributed by atoms with E-state index in [0.29, 0.717) is 6.42 Å². The normalized spacial score (nSPS) is 13.3. The fraction of sp³-hybridized carbons (Fsp3) is 0.519. The molecule has 1 aromatic heterocycles. The van der Waals surface area contributed by atoms with E-state index in [0.717, 1.165) is 69.9 Å². The summed E-state index contributed by atoms with van der Waals surface area (Å²) in [6.07, 6.45) is 13.6. The average molecular weight is 450 g/mol. The van der Waals surface area contributed by atoms with Gasteiger partial charge in [-0.05, 0) is 50.9 Å². The Bertz CT molecular complexity index is 880. The van der Waals surface area contributed by atoms with Gasteiger partial charge in [-0.15, -0.1) is 0 Å². The van der Waals surface area contributed by atoms with E-state index in [2.05, 4.69) is 56.8 Å². The number of rotatable bonds is 16. The minimum absolute atomic E-state index is 0.248. The van der Waals surface area contributed by atoms with Gasteiger partial charge in [0.1, 0.15) is 5.82 Å². The predicted molar refractivity (Wildman–Crippen MR) is 136 cm³/mol. The molecule has 0 radical (unpaired) electrons. The number of aliphatic imine (C=N–C) groups is 1. The second-order valence-corrected chi connectivity index (χ2v) is 8.88. The van der Waals surface area contributed by atoms with Crippen LogP contribution in [0.1, 0.15) is 74.1 Å². The van der Waals surface area contributed by atoms with Gasteiger partial charge >= 0.3 is 0 Å². The number of benzene rings is 1. The van der Waals surface area contributed by atoms with Gasteiger partial charge in [0.15, 0.2) is 5.78 Å². The van der Waals surface area contributed by atoms with Crippen LogP contribution >= 0.6 is 0 Å². The van der Waals surface area contributed by atoms with Crippen molar-refractivity contribution >= 4 is 11.5 Å². The molecule has 1 aromatic carbocycles. The average Bonchev–Trinajstić information content (AvgIpc) is 3.52. The van der Waals surface area contributed by atoms with Gasteiger partial charge in [-0.1, -0.05) is 44.2 Å². The molecule has 0 saturated heterocycles. The van der Waals surface area contributed by atoms with Gasteiger partial charge in [0, 0.05) is 55.8 Å². The molecule has 0 atom stereocenters. The van der Waals surface area contributed by atoms with Crippen molar-refractivity contribution in [2.45, 2.75) is 65.5 Å². The second-order valence-electron chi connectivity index (χ2n) is 8.88. The Morgan fingerprint density at radius 1 is 0.970 bits per heavy atom. The number of hydrogen-bond donors (Lipinski definition) is 1. The van der Waals surface area contributed by atoms with Crippen LogP contribution in [0.3, 0.4) is 0 Å². The molecule has 0 fully saturated rings. The first kappa shape index (κ1) is 25.1. The fourth-order valence-electron chi connectivity index (χ4n) is 4.31. The molecule has 6 nitrogen and oxygen atoms in total. The first-order valence-corrected chi connectivity index (χ1v) is 12.4. The molecule has 0 aliphatic carbocycles. The maximum atomic E-state index is 12.7. The molecule has 0 spiro atoms. The largest absolute Gasteiger partial charge is 0.348 e. The summed E-state index contributed by atoms with van der Waals surface area (Å²) < 4.78 is 0. The molecule has 0 bridgehead atoms. The lowest BCUT2D eigenvalue weighted by Gasteiger charge is -2.21. The minimum atomic E-state index is 0.248. The van der Waals surface area contributed by atoms with Gasteiger partial charge in [-0.2, -0.15) is 0 Å². The van der Waals surface area contributed by atoms with Crippen LogP contribution in [0.15, 0.2) is 53.9 Å². The van der Waals surface area contributed by atoms with E-state index in [4.69, 9.17) is 0 Å². The maximum Gasteiger partial charge on any atom is 0.162 e. The Hall–Kier alpha value is -2.57. The molecule has 3 rings (SSSR count). The summed E-state index contributed by atoms with van der Waals surface area (Å²) in [7, 11) is 0. The molecule has 6 heteroatoms. The molecule has 2 heterocycles. The standard InChI is InChI=1S/C27H39N5O/c1-3-17-31(18-4-2)19-6-5-9-26(33)24-12-10-23(11-13-24)20-32(21-25-8-7-14-28-25)22-27-29-15-16-30-27/h7,10-16H,3-6,8-9,17-22H2,1-2H3,(H,29,30). The number of imidazole rings is 1.